The van der Waals surface area contributed by atoms with E-state index in [9.17, 15) is 0 Å². The van der Waals surface area contributed by atoms with Gasteiger partial charge in [-0.1, -0.05) is 56.8 Å². The van der Waals surface area contributed by atoms with E-state index < -0.39 is 0 Å². The van der Waals surface area contributed by atoms with Crippen molar-refractivity contribution in [3.8, 4) is 0 Å². The van der Waals surface area contributed by atoms with Gasteiger partial charge in [-0.15, -0.1) is 10.2 Å². The van der Waals surface area contributed by atoms with Gasteiger partial charge in [0.2, 0.25) is 5.16 Å². The lowest BCUT2D eigenvalue weighted by atomic mass is 10.00. The molecule has 2 aromatic rings. The molecule has 0 radical (unpaired) electrons. The summed E-state index contributed by atoms with van der Waals surface area (Å²) in [5, 5.41) is 9.39. The molecule has 0 spiro atoms. The third kappa shape index (κ3) is 2.42. The standard InChI is InChI=1S/C15H20N4S/c1-4-14-16-17-15-19(14)18-13(9-20-15)12-7-5-11(6-8-12)10(2)3/h5-8,10,13,18H,4,9H2,1-3H3. The highest BCUT2D eigenvalue weighted by Crippen LogP contribution is 2.30. The minimum absolute atomic E-state index is 0.315. The fourth-order valence-electron chi connectivity index (χ4n) is 2.39. The maximum absolute atomic E-state index is 4.21. The van der Waals surface area contributed by atoms with Gasteiger partial charge in [-0.3, -0.25) is 0 Å². The minimum atomic E-state index is 0.315. The van der Waals surface area contributed by atoms with Crippen molar-refractivity contribution < 1.29 is 0 Å². The average Bonchev–Trinajstić information content (AvgIpc) is 2.89. The van der Waals surface area contributed by atoms with Gasteiger partial charge in [0.1, 0.15) is 0 Å². The molecule has 1 aromatic carbocycles. The maximum Gasteiger partial charge on any atom is 0.210 e. The molecule has 0 saturated carbocycles. The highest BCUT2D eigenvalue weighted by atomic mass is 32.2. The van der Waals surface area contributed by atoms with E-state index in [0.717, 1.165) is 23.2 Å². The third-order valence-corrected chi connectivity index (χ3v) is 4.71. The van der Waals surface area contributed by atoms with E-state index in [0.29, 0.717) is 12.0 Å². The molecule has 106 valence electrons. The Bertz CT molecular complexity index is 575. The molecule has 1 unspecified atom stereocenters. The van der Waals surface area contributed by atoms with Crippen LogP contribution in [0, 0.1) is 0 Å². The fourth-order valence-corrected chi connectivity index (χ4v) is 3.36. The molecule has 1 N–H and O–H groups in total. The van der Waals surface area contributed by atoms with Crippen LogP contribution >= 0.6 is 11.8 Å². The normalized spacial score (nSPS) is 17.9. The van der Waals surface area contributed by atoms with Gasteiger partial charge in [0, 0.05) is 12.2 Å². The molecular weight excluding hydrogens is 268 g/mol. The highest BCUT2D eigenvalue weighted by Gasteiger charge is 2.23. The Hall–Kier alpha value is -1.49. The number of aromatic nitrogens is 3. The summed E-state index contributed by atoms with van der Waals surface area (Å²) >= 11 is 1.77. The molecule has 1 aliphatic rings. The Kier molecular flexibility index (Phi) is 3.70. The van der Waals surface area contributed by atoms with Crippen LogP contribution in [0.1, 0.15) is 49.7 Å². The zero-order valence-electron chi connectivity index (χ0n) is 12.1. The van der Waals surface area contributed by atoms with Crippen LogP contribution in [0.15, 0.2) is 29.4 Å². The topological polar surface area (TPSA) is 42.7 Å². The molecule has 1 atom stereocenters. The first-order chi connectivity index (χ1) is 9.69. The number of hydrogen-bond acceptors (Lipinski definition) is 4. The van der Waals surface area contributed by atoms with Gasteiger partial charge in [-0.2, -0.15) is 0 Å². The summed E-state index contributed by atoms with van der Waals surface area (Å²) in [6, 6.07) is 9.24. The lowest BCUT2D eigenvalue weighted by Crippen LogP contribution is -2.29. The van der Waals surface area contributed by atoms with E-state index in [1.54, 1.807) is 11.8 Å². The zero-order chi connectivity index (χ0) is 14.1. The molecule has 3 rings (SSSR count). The maximum atomic E-state index is 4.21. The summed E-state index contributed by atoms with van der Waals surface area (Å²) in [5.74, 6) is 2.56. The predicted molar refractivity (Wildman–Crippen MR) is 82.8 cm³/mol. The molecule has 5 heteroatoms. The first-order valence-corrected chi connectivity index (χ1v) is 8.11. The van der Waals surface area contributed by atoms with E-state index in [4.69, 9.17) is 0 Å². The third-order valence-electron chi connectivity index (χ3n) is 3.69. The number of thioether (sulfide) groups is 1. The number of nitrogens with one attached hydrogen (secondary N) is 1. The molecular formula is C15H20N4S. The fraction of sp³-hybridized carbons (Fsp3) is 0.467. The van der Waals surface area contributed by atoms with Crippen molar-refractivity contribution in [1.82, 2.24) is 14.9 Å². The SMILES string of the molecule is CCc1nnc2n1NC(c1ccc(C(C)C)cc1)CS2. The van der Waals surface area contributed by atoms with Crippen LogP contribution < -0.4 is 5.43 Å². The monoisotopic (exact) mass is 288 g/mol. The minimum Gasteiger partial charge on any atom is -0.314 e. The van der Waals surface area contributed by atoms with Crippen LogP contribution in [0.2, 0.25) is 0 Å². The number of nitrogens with zero attached hydrogens (tertiary/aromatic N) is 3. The summed E-state index contributed by atoms with van der Waals surface area (Å²) in [6.07, 6.45) is 0.888. The molecule has 2 heterocycles. The van der Waals surface area contributed by atoms with E-state index in [-0.39, 0.29) is 0 Å². The van der Waals surface area contributed by atoms with Crippen molar-refractivity contribution in [2.24, 2.45) is 0 Å². The van der Waals surface area contributed by atoms with Crippen molar-refractivity contribution in [3.05, 3.63) is 41.2 Å². The zero-order valence-corrected chi connectivity index (χ0v) is 12.9. The smallest absolute Gasteiger partial charge is 0.210 e. The molecule has 20 heavy (non-hydrogen) atoms. The Labute approximate surface area is 124 Å². The lowest BCUT2D eigenvalue weighted by Gasteiger charge is -2.26. The number of benzene rings is 1. The molecule has 0 amide bonds. The Morgan fingerprint density at radius 3 is 2.70 bits per heavy atom. The van der Waals surface area contributed by atoms with Crippen LogP contribution in [0.5, 0.6) is 0 Å². The largest absolute Gasteiger partial charge is 0.314 e. The second kappa shape index (κ2) is 5.48. The number of hydrogen-bond donors (Lipinski definition) is 1. The van der Waals surface area contributed by atoms with Crippen LogP contribution in [0.25, 0.3) is 0 Å². The second-order valence-corrected chi connectivity index (χ2v) is 6.39. The summed E-state index contributed by atoms with van der Waals surface area (Å²) in [6.45, 7) is 6.55. The van der Waals surface area contributed by atoms with Crippen LogP contribution in [0.4, 0.5) is 0 Å². The van der Waals surface area contributed by atoms with Crippen LogP contribution in [-0.4, -0.2) is 20.6 Å². The quantitative estimate of drug-likeness (QED) is 0.940. The van der Waals surface area contributed by atoms with E-state index >= 15 is 0 Å². The molecule has 4 nitrogen and oxygen atoms in total. The number of fused-ring (bicyclic) bond motifs is 1. The Balaban J connectivity index is 1.82. The molecule has 0 bridgehead atoms. The predicted octanol–water partition coefficient (Wildman–Crippen LogP) is 3.35. The summed E-state index contributed by atoms with van der Waals surface area (Å²) in [5.41, 5.74) is 6.24. The lowest BCUT2D eigenvalue weighted by molar-refractivity contribution is 0.635. The van der Waals surface area contributed by atoms with Crippen LogP contribution in [-0.2, 0) is 6.42 Å². The van der Waals surface area contributed by atoms with Crippen molar-refractivity contribution in [3.63, 3.8) is 0 Å². The molecule has 0 aliphatic carbocycles. The van der Waals surface area contributed by atoms with Gasteiger partial charge >= 0.3 is 0 Å². The summed E-state index contributed by atoms with van der Waals surface area (Å²) in [7, 11) is 0. The van der Waals surface area contributed by atoms with Gasteiger partial charge in [0.15, 0.2) is 5.82 Å². The Morgan fingerprint density at radius 1 is 1.30 bits per heavy atom. The molecule has 1 aliphatic heterocycles. The first-order valence-electron chi connectivity index (χ1n) is 7.12. The number of aryl methyl sites for hydroxylation is 1. The highest BCUT2D eigenvalue weighted by molar-refractivity contribution is 7.99. The van der Waals surface area contributed by atoms with E-state index in [1.165, 1.54) is 11.1 Å². The van der Waals surface area contributed by atoms with E-state index in [1.807, 2.05) is 4.68 Å². The van der Waals surface area contributed by atoms with Gasteiger partial charge in [-0.25, -0.2) is 4.68 Å². The first kappa shape index (κ1) is 13.5. The van der Waals surface area contributed by atoms with E-state index in [2.05, 4.69) is 60.7 Å². The van der Waals surface area contributed by atoms with Crippen LogP contribution in [0.3, 0.4) is 0 Å². The summed E-state index contributed by atoms with van der Waals surface area (Å²) < 4.78 is 2.04. The van der Waals surface area contributed by atoms with Gasteiger partial charge in [0.25, 0.3) is 0 Å². The second-order valence-electron chi connectivity index (χ2n) is 5.40. The van der Waals surface area contributed by atoms with Crippen molar-refractivity contribution >= 4 is 11.8 Å². The average molecular weight is 288 g/mol. The van der Waals surface area contributed by atoms with Gasteiger partial charge in [-0.05, 0) is 17.0 Å². The van der Waals surface area contributed by atoms with Gasteiger partial charge in [0.05, 0.1) is 6.04 Å². The molecule has 0 fully saturated rings. The van der Waals surface area contributed by atoms with Gasteiger partial charge < -0.3 is 5.43 Å². The molecule has 1 aromatic heterocycles. The summed E-state index contributed by atoms with van der Waals surface area (Å²) in [4.78, 5) is 0. The Morgan fingerprint density at radius 2 is 2.05 bits per heavy atom. The molecule has 0 saturated heterocycles. The van der Waals surface area contributed by atoms with Crippen molar-refractivity contribution in [2.75, 3.05) is 11.2 Å². The number of rotatable bonds is 3. The van der Waals surface area contributed by atoms with Crippen molar-refractivity contribution in [2.45, 2.75) is 44.3 Å². The van der Waals surface area contributed by atoms with Crippen molar-refractivity contribution in [1.29, 1.82) is 0 Å².